The lowest BCUT2D eigenvalue weighted by molar-refractivity contribution is -0.0138. The topological polar surface area (TPSA) is 65.1 Å². The second kappa shape index (κ2) is 4.95. The van der Waals surface area contributed by atoms with Crippen LogP contribution >= 0.6 is 0 Å². The van der Waals surface area contributed by atoms with Gasteiger partial charge in [0.15, 0.2) is 0 Å². The van der Waals surface area contributed by atoms with Crippen LogP contribution in [0.1, 0.15) is 32.5 Å². The molecule has 0 aromatic carbocycles. The van der Waals surface area contributed by atoms with Gasteiger partial charge >= 0.3 is 0 Å². The van der Waals surface area contributed by atoms with E-state index in [9.17, 15) is 0 Å². The second-order valence-corrected chi connectivity index (χ2v) is 5.05. The molecule has 0 aliphatic heterocycles. The van der Waals surface area contributed by atoms with Gasteiger partial charge in [-0.2, -0.15) is 5.10 Å². The van der Waals surface area contributed by atoms with Crippen molar-refractivity contribution >= 4 is 0 Å². The highest BCUT2D eigenvalue weighted by atomic mass is 16.5. The first-order valence-corrected chi connectivity index (χ1v) is 5.38. The zero-order valence-corrected chi connectivity index (χ0v) is 10.7. The molecule has 1 rings (SSSR count). The highest BCUT2D eigenvalue weighted by Crippen LogP contribution is 2.31. The number of hydrazine groups is 1. The number of hydrogen-bond acceptors (Lipinski definition) is 4. The predicted molar refractivity (Wildman–Crippen MR) is 63.5 cm³/mol. The van der Waals surface area contributed by atoms with Crippen LogP contribution in [0.4, 0.5) is 0 Å². The summed E-state index contributed by atoms with van der Waals surface area (Å²) in [6.07, 6.45) is 1.74. The predicted octanol–water partition coefficient (Wildman–Crippen LogP) is 0.986. The van der Waals surface area contributed by atoms with Crippen LogP contribution in [-0.4, -0.2) is 23.0 Å². The molecule has 0 aliphatic rings. The first-order chi connectivity index (χ1) is 7.41. The summed E-state index contributed by atoms with van der Waals surface area (Å²) in [6, 6.07) is 1.87. The first kappa shape index (κ1) is 13.2. The van der Waals surface area contributed by atoms with Gasteiger partial charge in [-0.05, 0) is 11.5 Å². The van der Waals surface area contributed by atoms with Crippen LogP contribution in [0, 0.1) is 5.41 Å². The summed E-state index contributed by atoms with van der Waals surface area (Å²) in [7, 11) is 3.60. The Bertz CT molecular complexity index is 329. The molecule has 0 bridgehead atoms. The Morgan fingerprint density at radius 2 is 2.12 bits per heavy atom. The third kappa shape index (κ3) is 2.61. The van der Waals surface area contributed by atoms with Gasteiger partial charge in [0.2, 0.25) is 0 Å². The molecule has 5 nitrogen and oxygen atoms in total. The maximum atomic E-state index is 5.63. The third-order valence-electron chi connectivity index (χ3n) is 2.77. The van der Waals surface area contributed by atoms with Crippen molar-refractivity contribution in [1.29, 1.82) is 0 Å². The number of ether oxygens (including phenoxy) is 1. The largest absolute Gasteiger partial charge is 0.379 e. The molecule has 16 heavy (non-hydrogen) atoms. The number of rotatable bonds is 4. The quantitative estimate of drug-likeness (QED) is 0.593. The van der Waals surface area contributed by atoms with E-state index in [2.05, 4.69) is 31.3 Å². The van der Waals surface area contributed by atoms with E-state index in [1.807, 2.05) is 17.8 Å². The van der Waals surface area contributed by atoms with Crippen molar-refractivity contribution in [3.05, 3.63) is 18.0 Å². The van der Waals surface area contributed by atoms with Crippen LogP contribution in [0.15, 0.2) is 12.3 Å². The van der Waals surface area contributed by atoms with Crippen molar-refractivity contribution < 1.29 is 4.74 Å². The normalized spacial score (nSPS) is 16.1. The summed E-state index contributed by atoms with van der Waals surface area (Å²) in [6.45, 7) is 6.38. The number of nitrogens with one attached hydrogen (secondary N) is 1. The monoisotopic (exact) mass is 226 g/mol. The molecule has 5 heteroatoms. The van der Waals surface area contributed by atoms with E-state index in [1.165, 1.54) is 0 Å². The summed E-state index contributed by atoms with van der Waals surface area (Å²) in [5, 5.41) is 4.15. The molecule has 3 N–H and O–H groups in total. The minimum Gasteiger partial charge on any atom is -0.379 e. The molecule has 0 amide bonds. The highest BCUT2D eigenvalue weighted by molar-refractivity contribution is 5.10. The van der Waals surface area contributed by atoms with E-state index >= 15 is 0 Å². The molecule has 2 atom stereocenters. The smallest absolute Gasteiger partial charge is 0.0895 e. The van der Waals surface area contributed by atoms with Gasteiger partial charge in [-0.25, -0.2) is 5.43 Å². The number of aromatic nitrogens is 2. The van der Waals surface area contributed by atoms with Crippen molar-refractivity contribution in [2.24, 2.45) is 18.3 Å². The summed E-state index contributed by atoms with van der Waals surface area (Å²) in [5.41, 5.74) is 3.83. The summed E-state index contributed by atoms with van der Waals surface area (Å²) in [5.74, 6) is 5.63. The summed E-state index contributed by atoms with van der Waals surface area (Å²) < 4.78 is 7.37. The van der Waals surface area contributed by atoms with Crippen LogP contribution in [0.5, 0.6) is 0 Å². The highest BCUT2D eigenvalue weighted by Gasteiger charge is 2.34. The van der Waals surface area contributed by atoms with E-state index in [1.54, 1.807) is 13.3 Å². The molecular weight excluding hydrogens is 204 g/mol. The zero-order valence-electron chi connectivity index (χ0n) is 10.7. The summed E-state index contributed by atoms with van der Waals surface area (Å²) >= 11 is 0. The van der Waals surface area contributed by atoms with E-state index in [4.69, 9.17) is 10.6 Å². The molecule has 92 valence electrons. The first-order valence-electron chi connectivity index (χ1n) is 5.38. The lowest BCUT2D eigenvalue weighted by Crippen LogP contribution is -2.44. The van der Waals surface area contributed by atoms with Crippen LogP contribution < -0.4 is 11.3 Å². The van der Waals surface area contributed by atoms with Crippen LogP contribution in [-0.2, 0) is 11.8 Å². The molecule has 0 saturated carbocycles. The van der Waals surface area contributed by atoms with E-state index in [-0.39, 0.29) is 17.6 Å². The zero-order chi connectivity index (χ0) is 12.3. The van der Waals surface area contributed by atoms with Crippen LogP contribution in [0.3, 0.4) is 0 Å². The maximum Gasteiger partial charge on any atom is 0.0895 e. The van der Waals surface area contributed by atoms with Gasteiger partial charge < -0.3 is 4.74 Å². The van der Waals surface area contributed by atoms with Gasteiger partial charge in [0.05, 0.1) is 17.8 Å². The Kier molecular flexibility index (Phi) is 4.07. The Morgan fingerprint density at radius 3 is 2.44 bits per heavy atom. The van der Waals surface area contributed by atoms with Crippen molar-refractivity contribution in [2.45, 2.75) is 32.9 Å². The van der Waals surface area contributed by atoms with Gasteiger partial charge in [-0.15, -0.1) is 0 Å². The number of methoxy groups -OCH3 is 1. The average molecular weight is 226 g/mol. The van der Waals surface area contributed by atoms with Crippen molar-refractivity contribution in [2.75, 3.05) is 7.11 Å². The molecular formula is C11H22N4O. The van der Waals surface area contributed by atoms with E-state index in [0.717, 1.165) is 5.69 Å². The molecule has 0 fully saturated rings. The van der Waals surface area contributed by atoms with Crippen LogP contribution in [0.25, 0.3) is 0 Å². The van der Waals surface area contributed by atoms with Gasteiger partial charge in [0, 0.05) is 20.4 Å². The minimum atomic E-state index is -0.0718. The number of nitrogens with zero attached hydrogens (tertiary/aromatic N) is 2. The Balaban J connectivity index is 3.02. The SMILES string of the molecule is COC(C(NN)c1ccnn1C)C(C)(C)C. The molecule has 1 aromatic heterocycles. The Morgan fingerprint density at radius 1 is 1.50 bits per heavy atom. The molecule has 0 aliphatic carbocycles. The molecule has 1 aromatic rings. The van der Waals surface area contributed by atoms with E-state index in [0.29, 0.717) is 0 Å². The standard InChI is InChI=1S/C11H22N4O/c1-11(2,3)10(16-5)9(14-12)8-6-7-13-15(8)4/h6-7,9-10,14H,12H2,1-5H3. The third-order valence-corrected chi connectivity index (χ3v) is 2.77. The van der Waals surface area contributed by atoms with Gasteiger partial charge in [0.1, 0.15) is 0 Å². The molecule has 0 saturated heterocycles. The van der Waals surface area contributed by atoms with E-state index < -0.39 is 0 Å². The Labute approximate surface area is 96.9 Å². The number of hydrogen-bond donors (Lipinski definition) is 2. The Hall–Kier alpha value is -0.910. The van der Waals surface area contributed by atoms with Gasteiger partial charge in [-0.3, -0.25) is 10.5 Å². The second-order valence-electron chi connectivity index (χ2n) is 5.05. The maximum absolute atomic E-state index is 5.63. The number of nitrogens with two attached hydrogens (primary N) is 1. The lowest BCUT2D eigenvalue weighted by atomic mass is 9.83. The van der Waals surface area contributed by atoms with Crippen molar-refractivity contribution in [3.63, 3.8) is 0 Å². The van der Waals surface area contributed by atoms with Crippen molar-refractivity contribution in [3.8, 4) is 0 Å². The fourth-order valence-corrected chi connectivity index (χ4v) is 2.01. The van der Waals surface area contributed by atoms with Gasteiger partial charge in [0.25, 0.3) is 0 Å². The molecule has 1 heterocycles. The van der Waals surface area contributed by atoms with Crippen LogP contribution in [0.2, 0.25) is 0 Å². The lowest BCUT2D eigenvalue weighted by Gasteiger charge is -2.35. The minimum absolute atomic E-state index is 0.00391. The molecule has 0 spiro atoms. The molecule has 0 radical (unpaired) electrons. The molecule has 2 unspecified atom stereocenters. The number of aryl methyl sites for hydroxylation is 1. The van der Waals surface area contributed by atoms with Crippen molar-refractivity contribution in [1.82, 2.24) is 15.2 Å². The fourth-order valence-electron chi connectivity index (χ4n) is 2.01. The summed E-state index contributed by atoms with van der Waals surface area (Å²) in [4.78, 5) is 0. The average Bonchev–Trinajstić information content (AvgIpc) is 2.58. The van der Waals surface area contributed by atoms with Gasteiger partial charge in [-0.1, -0.05) is 20.8 Å². The fraction of sp³-hybridized carbons (Fsp3) is 0.727.